The zero-order chi connectivity index (χ0) is 51.3. The van der Waals surface area contributed by atoms with Crippen LogP contribution in [0, 0.1) is 0 Å². The number of unbranched alkanes of at least 4 members (excludes halogenated alkanes) is 22. The first-order valence-corrected chi connectivity index (χ1v) is 29.3. The van der Waals surface area contributed by atoms with Crippen LogP contribution in [-0.2, 0) is 42.2 Å². The third-order valence-corrected chi connectivity index (χ3v) is 12.6. The maximum absolute atomic E-state index is 12.9. The Morgan fingerprint density at radius 1 is 0.414 bits per heavy atom. The standard InChI is InChI=1S/C58H101O11P/c1-4-7-10-13-16-19-21-23-25-26-27-28-30-32-34-37-40-43-46-49-58(62)69-55(51-65-56(60)47-44-41-38-35-18-15-12-9-6-3)53-67-70(63,64)66-52-54(50-59)68-57(61)48-45-42-39-36-33-31-29-24-22-20-17-14-11-8-5-2/h8,11,16-17,19-20,23-25,29,33,36,54-55,59H,4-7,9-10,12-15,18,21-22,26-28,30-32,34-35,37-53H2,1-3H3,(H,63,64)/b11-8-,19-16-,20-17-,25-23-,29-24-,36-33-. The number of aliphatic hydroxyl groups is 1. The van der Waals surface area contributed by atoms with E-state index in [9.17, 15) is 28.9 Å². The van der Waals surface area contributed by atoms with Crippen LogP contribution in [0.25, 0.3) is 0 Å². The molecule has 0 aromatic carbocycles. The molecule has 0 amide bonds. The second kappa shape index (κ2) is 52.2. The molecule has 0 aromatic heterocycles. The zero-order valence-electron chi connectivity index (χ0n) is 44.5. The van der Waals surface area contributed by atoms with E-state index in [0.717, 1.165) is 89.9 Å². The topological polar surface area (TPSA) is 155 Å². The van der Waals surface area contributed by atoms with Gasteiger partial charge in [-0.15, -0.1) is 0 Å². The lowest BCUT2D eigenvalue weighted by molar-refractivity contribution is -0.161. The van der Waals surface area contributed by atoms with Gasteiger partial charge in [0.05, 0.1) is 19.8 Å². The van der Waals surface area contributed by atoms with E-state index < -0.39 is 57.8 Å². The van der Waals surface area contributed by atoms with Crippen molar-refractivity contribution in [2.75, 3.05) is 26.4 Å². The normalized spacial score (nSPS) is 14.0. The summed E-state index contributed by atoms with van der Waals surface area (Å²) in [5.41, 5.74) is 0. The van der Waals surface area contributed by atoms with Crippen molar-refractivity contribution < 1.29 is 52.2 Å². The second-order valence-electron chi connectivity index (χ2n) is 18.4. The molecule has 0 bridgehead atoms. The van der Waals surface area contributed by atoms with Crippen molar-refractivity contribution in [1.29, 1.82) is 0 Å². The quantitative estimate of drug-likeness (QED) is 0.0197. The summed E-state index contributed by atoms with van der Waals surface area (Å²) in [5, 5.41) is 9.78. The molecule has 0 rings (SSSR count). The number of hydrogen-bond acceptors (Lipinski definition) is 10. The smallest absolute Gasteiger partial charge is 0.462 e. The molecule has 3 atom stereocenters. The Morgan fingerprint density at radius 3 is 1.20 bits per heavy atom. The van der Waals surface area contributed by atoms with E-state index in [1.807, 2.05) is 0 Å². The highest BCUT2D eigenvalue weighted by Crippen LogP contribution is 2.43. The molecule has 2 N–H and O–H groups in total. The molecule has 0 saturated heterocycles. The molecule has 0 fully saturated rings. The predicted octanol–water partition coefficient (Wildman–Crippen LogP) is 16.1. The lowest BCUT2D eigenvalue weighted by atomic mass is 10.1. The van der Waals surface area contributed by atoms with Crippen LogP contribution in [0.4, 0.5) is 0 Å². The number of carbonyl (C=O) groups is 3. The lowest BCUT2D eigenvalue weighted by Gasteiger charge is -2.21. The lowest BCUT2D eigenvalue weighted by Crippen LogP contribution is -2.30. The Labute approximate surface area is 427 Å². The first-order valence-electron chi connectivity index (χ1n) is 27.8. The highest BCUT2D eigenvalue weighted by atomic mass is 31.2. The summed E-state index contributed by atoms with van der Waals surface area (Å²) in [6.07, 6.45) is 57.3. The molecule has 404 valence electrons. The first kappa shape index (κ1) is 66.9. The number of ether oxygens (including phenoxy) is 3. The van der Waals surface area contributed by atoms with E-state index in [-0.39, 0.29) is 25.9 Å². The number of phosphoric acid groups is 1. The number of rotatable bonds is 51. The fourth-order valence-electron chi connectivity index (χ4n) is 7.38. The van der Waals surface area contributed by atoms with Gasteiger partial charge in [-0.05, 0) is 89.9 Å². The molecule has 0 radical (unpaired) electrons. The van der Waals surface area contributed by atoms with Crippen LogP contribution >= 0.6 is 7.82 Å². The minimum Gasteiger partial charge on any atom is -0.462 e. The second-order valence-corrected chi connectivity index (χ2v) is 19.8. The van der Waals surface area contributed by atoms with Crippen LogP contribution in [0.1, 0.15) is 239 Å². The first-order chi connectivity index (χ1) is 34.2. The maximum Gasteiger partial charge on any atom is 0.472 e. The van der Waals surface area contributed by atoms with Gasteiger partial charge in [-0.3, -0.25) is 23.4 Å². The summed E-state index contributed by atoms with van der Waals surface area (Å²) >= 11 is 0. The number of carbonyl (C=O) groups excluding carboxylic acids is 3. The monoisotopic (exact) mass is 1000 g/mol. The summed E-state index contributed by atoms with van der Waals surface area (Å²) in [6, 6.07) is 0. The molecule has 0 saturated carbocycles. The molecule has 11 nitrogen and oxygen atoms in total. The molecule has 3 unspecified atom stereocenters. The summed E-state index contributed by atoms with van der Waals surface area (Å²) in [5.74, 6) is -1.51. The van der Waals surface area contributed by atoms with Crippen LogP contribution in [0.2, 0.25) is 0 Å². The number of phosphoric ester groups is 1. The Balaban J connectivity index is 4.69. The van der Waals surface area contributed by atoms with Gasteiger partial charge in [-0.25, -0.2) is 4.57 Å². The van der Waals surface area contributed by atoms with Gasteiger partial charge in [0.15, 0.2) is 6.10 Å². The van der Waals surface area contributed by atoms with Gasteiger partial charge in [0.25, 0.3) is 0 Å². The Hall–Kier alpha value is -3.08. The van der Waals surface area contributed by atoms with Gasteiger partial charge < -0.3 is 24.2 Å². The van der Waals surface area contributed by atoms with Crippen molar-refractivity contribution in [1.82, 2.24) is 0 Å². The summed E-state index contributed by atoms with van der Waals surface area (Å²) < 4.78 is 39.4. The molecule has 0 aliphatic carbocycles. The van der Waals surface area contributed by atoms with Crippen molar-refractivity contribution in [3.8, 4) is 0 Å². The van der Waals surface area contributed by atoms with Crippen molar-refractivity contribution in [3.05, 3.63) is 72.9 Å². The molecular weight excluding hydrogens is 904 g/mol. The van der Waals surface area contributed by atoms with Crippen molar-refractivity contribution in [2.24, 2.45) is 0 Å². The van der Waals surface area contributed by atoms with Gasteiger partial charge >= 0.3 is 25.7 Å². The van der Waals surface area contributed by atoms with E-state index >= 15 is 0 Å². The molecular formula is C58H101O11P. The highest BCUT2D eigenvalue weighted by Gasteiger charge is 2.28. The minimum absolute atomic E-state index is 0.124. The maximum atomic E-state index is 12.9. The van der Waals surface area contributed by atoms with Crippen LogP contribution in [-0.4, -0.2) is 66.5 Å². The van der Waals surface area contributed by atoms with Gasteiger partial charge in [-0.1, -0.05) is 203 Å². The summed E-state index contributed by atoms with van der Waals surface area (Å²) in [7, 11) is -4.75. The van der Waals surface area contributed by atoms with Gasteiger partial charge in [0.1, 0.15) is 12.7 Å². The molecule has 12 heteroatoms. The van der Waals surface area contributed by atoms with E-state index in [1.165, 1.54) is 89.9 Å². The average Bonchev–Trinajstić information content (AvgIpc) is 3.35. The van der Waals surface area contributed by atoms with E-state index in [2.05, 4.69) is 93.7 Å². The molecule has 0 heterocycles. The average molecular weight is 1010 g/mol. The van der Waals surface area contributed by atoms with E-state index in [0.29, 0.717) is 19.3 Å². The molecule has 0 aliphatic rings. The van der Waals surface area contributed by atoms with Crippen LogP contribution in [0.15, 0.2) is 72.9 Å². The third-order valence-electron chi connectivity index (χ3n) is 11.6. The minimum atomic E-state index is -4.75. The number of esters is 3. The number of allylic oxidation sites excluding steroid dienone is 12. The molecule has 0 aromatic rings. The largest absolute Gasteiger partial charge is 0.472 e. The molecule has 70 heavy (non-hydrogen) atoms. The summed E-state index contributed by atoms with van der Waals surface area (Å²) in [6.45, 7) is 4.43. The Bertz CT molecular complexity index is 1450. The summed E-state index contributed by atoms with van der Waals surface area (Å²) in [4.78, 5) is 48.3. The van der Waals surface area contributed by atoms with Crippen LogP contribution in [0.3, 0.4) is 0 Å². The number of hydrogen-bond donors (Lipinski definition) is 2. The molecule has 0 spiro atoms. The van der Waals surface area contributed by atoms with E-state index in [4.69, 9.17) is 23.3 Å². The zero-order valence-corrected chi connectivity index (χ0v) is 45.4. The van der Waals surface area contributed by atoms with Gasteiger partial charge in [0.2, 0.25) is 0 Å². The third kappa shape index (κ3) is 49.9. The fraction of sp³-hybridized carbons (Fsp3) is 0.741. The van der Waals surface area contributed by atoms with Gasteiger partial charge in [-0.2, -0.15) is 0 Å². The number of aliphatic hydroxyl groups excluding tert-OH is 1. The van der Waals surface area contributed by atoms with Crippen LogP contribution < -0.4 is 0 Å². The van der Waals surface area contributed by atoms with Gasteiger partial charge in [0, 0.05) is 19.3 Å². The van der Waals surface area contributed by atoms with Crippen LogP contribution in [0.5, 0.6) is 0 Å². The predicted molar refractivity (Wildman–Crippen MR) is 288 cm³/mol. The molecule has 0 aliphatic heterocycles. The fourth-order valence-corrected chi connectivity index (χ4v) is 8.16. The van der Waals surface area contributed by atoms with Crippen molar-refractivity contribution in [2.45, 2.75) is 251 Å². The van der Waals surface area contributed by atoms with E-state index in [1.54, 1.807) is 0 Å². The Morgan fingerprint density at radius 2 is 0.743 bits per heavy atom. The Kier molecular flexibility index (Phi) is 50.0. The van der Waals surface area contributed by atoms with Crippen molar-refractivity contribution >= 4 is 25.7 Å². The van der Waals surface area contributed by atoms with Crippen molar-refractivity contribution in [3.63, 3.8) is 0 Å². The highest BCUT2D eigenvalue weighted by molar-refractivity contribution is 7.47. The SMILES string of the molecule is CC/C=C\C/C=C\C/C=C\C/C=C\CCCCC(=O)OC(CO)COP(=O)(O)OCC(COC(=O)CCCCCCCCCCC)OC(=O)CCCCCCCCCCC/C=C\C/C=C\CCCCC.